The van der Waals surface area contributed by atoms with Crippen LogP contribution in [0.2, 0.25) is 0 Å². The monoisotopic (exact) mass is 370 g/mol. The Hall–Kier alpha value is -2.47. The van der Waals surface area contributed by atoms with E-state index in [1.807, 2.05) is 55.5 Å². The van der Waals surface area contributed by atoms with E-state index in [9.17, 15) is 9.59 Å². The summed E-state index contributed by atoms with van der Waals surface area (Å²) in [7, 11) is 0. The van der Waals surface area contributed by atoms with Crippen LogP contribution in [0.5, 0.6) is 0 Å². The first-order chi connectivity index (χ1) is 12.6. The summed E-state index contributed by atoms with van der Waals surface area (Å²) < 4.78 is 4.99. The fourth-order valence-corrected chi connectivity index (χ4v) is 3.40. The molecule has 2 aromatic rings. The summed E-state index contributed by atoms with van der Waals surface area (Å²) in [6.45, 7) is 2.88. The van der Waals surface area contributed by atoms with Crippen LogP contribution in [0.4, 0.5) is 10.5 Å². The fourth-order valence-electron chi connectivity index (χ4n) is 2.87. The van der Waals surface area contributed by atoms with Crippen molar-refractivity contribution in [3.63, 3.8) is 0 Å². The van der Waals surface area contributed by atoms with Gasteiger partial charge in [-0.25, -0.2) is 4.79 Å². The lowest BCUT2D eigenvalue weighted by Gasteiger charge is -2.18. The Balaban J connectivity index is 1.68. The highest BCUT2D eigenvalue weighted by Crippen LogP contribution is 2.23. The minimum absolute atomic E-state index is 0.112. The molecule has 0 aromatic heterocycles. The largest absolute Gasteiger partial charge is 0.447 e. The van der Waals surface area contributed by atoms with Gasteiger partial charge in [-0.15, -0.1) is 0 Å². The van der Waals surface area contributed by atoms with Crippen LogP contribution in [0.3, 0.4) is 0 Å². The number of rotatable bonds is 6. The number of nitrogens with zero attached hydrogens (tertiary/aromatic N) is 1. The summed E-state index contributed by atoms with van der Waals surface area (Å²) >= 11 is 1.75. The lowest BCUT2D eigenvalue weighted by molar-refractivity contribution is 0.0940. The number of cyclic esters (lactones) is 1. The van der Waals surface area contributed by atoms with Crippen molar-refractivity contribution in [3.8, 4) is 0 Å². The van der Waals surface area contributed by atoms with Crippen LogP contribution in [-0.2, 0) is 10.5 Å². The highest BCUT2D eigenvalue weighted by molar-refractivity contribution is 7.97. The van der Waals surface area contributed by atoms with Gasteiger partial charge in [0.25, 0.3) is 5.91 Å². The Morgan fingerprint density at radius 2 is 2.04 bits per heavy atom. The minimum Gasteiger partial charge on any atom is -0.447 e. The first-order valence-corrected chi connectivity index (χ1v) is 9.91. The van der Waals surface area contributed by atoms with Gasteiger partial charge in [-0.1, -0.05) is 24.3 Å². The highest BCUT2D eigenvalue weighted by Gasteiger charge is 2.24. The molecule has 1 saturated heterocycles. The lowest BCUT2D eigenvalue weighted by Crippen LogP contribution is -2.27. The third kappa shape index (κ3) is 4.19. The van der Waals surface area contributed by atoms with E-state index in [1.54, 1.807) is 16.7 Å². The molecule has 1 aliphatic heterocycles. The van der Waals surface area contributed by atoms with E-state index in [1.165, 1.54) is 5.56 Å². The zero-order chi connectivity index (χ0) is 18.5. The molecular weight excluding hydrogens is 348 g/mol. The maximum absolute atomic E-state index is 12.5. The maximum atomic E-state index is 12.5. The standard InChI is InChI=1S/C20H22N2O3S/c1-14(21-19(23)16-8-6-15(7-9-16)13-26-2)17-4-3-5-18(12-17)22-10-11-25-20(22)24/h3-9,12,14H,10-11,13H2,1-2H3,(H,21,23). The number of thioether (sulfide) groups is 1. The van der Waals surface area contributed by atoms with Gasteiger partial charge in [0.05, 0.1) is 12.6 Å². The summed E-state index contributed by atoms with van der Waals surface area (Å²) in [4.78, 5) is 25.8. The number of benzene rings is 2. The average Bonchev–Trinajstić information content (AvgIpc) is 3.08. The minimum atomic E-state index is -0.329. The van der Waals surface area contributed by atoms with E-state index in [0.29, 0.717) is 18.7 Å². The number of amides is 2. The van der Waals surface area contributed by atoms with Crippen LogP contribution in [0, 0.1) is 0 Å². The number of hydrogen-bond acceptors (Lipinski definition) is 4. The second kappa shape index (κ2) is 8.27. The van der Waals surface area contributed by atoms with Crippen LogP contribution in [-0.4, -0.2) is 31.4 Å². The fraction of sp³-hybridized carbons (Fsp3) is 0.300. The Kier molecular flexibility index (Phi) is 5.83. The number of carbonyl (C=O) groups is 2. The molecule has 136 valence electrons. The molecule has 1 fully saturated rings. The van der Waals surface area contributed by atoms with E-state index in [4.69, 9.17) is 4.74 Å². The van der Waals surface area contributed by atoms with Crippen molar-refractivity contribution in [2.45, 2.75) is 18.7 Å². The Bertz CT molecular complexity index is 792. The van der Waals surface area contributed by atoms with Crippen molar-refractivity contribution in [1.29, 1.82) is 0 Å². The van der Waals surface area contributed by atoms with Crippen molar-refractivity contribution < 1.29 is 14.3 Å². The van der Waals surface area contributed by atoms with Gasteiger partial charge >= 0.3 is 6.09 Å². The third-order valence-corrected chi connectivity index (χ3v) is 4.94. The number of anilines is 1. The topological polar surface area (TPSA) is 58.6 Å². The zero-order valence-electron chi connectivity index (χ0n) is 14.9. The Morgan fingerprint density at radius 3 is 2.69 bits per heavy atom. The molecule has 26 heavy (non-hydrogen) atoms. The predicted octanol–water partition coefficient (Wildman–Crippen LogP) is 4.00. The molecule has 0 saturated carbocycles. The first kappa shape index (κ1) is 18.3. The van der Waals surface area contributed by atoms with Gasteiger partial charge in [0.15, 0.2) is 0 Å². The van der Waals surface area contributed by atoms with Gasteiger partial charge in [-0.2, -0.15) is 11.8 Å². The normalized spacial score (nSPS) is 14.8. The molecule has 1 N–H and O–H groups in total. The van der Waals surface area contributed by atoms with Crippen molar-refractivity contribution in [2.24, 2.45) is 0 Å². The summed E-state index contributed by atoms with van der Waals surface area (Å²) in [5.41, 5.74) is 3.57. The van der Waals surface area contributed by atoms with Gasteiger partial charge in [0.2, 0.25) is 0 Å². The lowest BCUT2D eigenvalue weighted by atomic mass is 10.1. The van der Waals surface area contributed by atoms with Gasteiger partial charge < -0.3 is 10.1 Å². The highest BCUT2D eigenvalue weighted by atomic mass is 32.2. The number of ether oxygens (including phenoxy) is 1. The summed E-state index contributed by atoms with van der Waals surface area (Å²) in [6.07, 6.45) is 1.72. The first-order valence-electron chi connectivity index (χ1n) is 8.51. The van der Waals surface area contributed by atoms with Gasteiger partial charge in [0, 0.05) is 17.0 Å². The molecule has 5 nitrogen and oxygen atoms in total. The number of carbonyl (C=O) groups excluding carboxylic acids is 2. The van der Waals surface area contributed by atoms with Crippen molar-refractivity contribution in [3.05, 3.63) is 65.2 Å². The van der Waals surface area contributed by atoms with Crippen molar-refractivity contribution >= 4 is 29.4 Å². The summed E-state index contributed by atoms with van der Waals surface area (Å²) in [6, 6.07) is 15.1. The smallest absolute Gasteiger partial charge is 0.414 e. The van der Waals surface area contributed by atoms with Crippen molar-refractivity contribution in [1.82, 2.24) is 5.32 Å². The van der Waals surface area contributed by atoms with Crippen LogP contribution in [0.25, 0.3) is 0 Å². The Morgan fingerprint density at radius 1 is 1.27 bits per heavy atom. The van der Waals surface area contributed by atoms with Crippen LogP contribution in [0.15, 0.2) is 48.5 Å². The second-order valence-electron chi connectivity index (χ2n) is 6.19. The number of nitrogens with one attached hydrogen (secondary N) is 1. The summed E-state index contributed by atoms with van der Waals surface area (Å²) in [5, 5.41) is 3.01. The van der Waals surface area contributed by atoms with Crippen LogP contribution in [0.1, 0.15) is 34.5 Å². The Labute approximate surface area is 157 Å². The average molecular weight is 370 g/mol. The van der Waals surface area contributed by atoms with E-state index in [0.717, 1.165) is 17.0 Å². The second-order valence-corrected chi connectivity index (χ2v) is 7.05. The molecule has 1 atom stereocenters. The molecule has 0 radical (unpaired) electrons. The molecule has 3 rings (SSSR count). The molecular formula is C20H22N2O3S. The van der Waals surface area contributed by atoms with E-state index >= 15 is 0 Å². The van der Waals surface area contributed by atoms with Gasteiger partial charge in [0.1, 0.15) is 6.61 Å². The van der Waals surface area contributed by atoms with Gasteiger partial charge in [-0.3, -0.25) is 9.69 Å². The molecule has 0 aliphatic carbocycles. The van der Waals surface area contributed by atoms with E-state index in [-0.39, 0.29) is 18.0 Å². The van der Waals surface area contributed by atoms with Crippen LogP contribution < -0.4 is 10.2 Å². The third-order valence-electron chi connectivity index (χ3n) is 4.32. The van der Waals surface area contributed by atoms with Gasteiger partial charge in [-0.05, 0) is 48.6 Å². The molecule has 1 unspecified atom stereocenters. The number of hydrogen-bond donors (Lipinski definition) is 1. The molecule has 0 spiro atoms. The quantitative estimate of drug-likeness (QED) is 0.835. The maximum Gasteiger partial charge on any atom is 0.414 e. The SMILES string of the molecule is CSCc1ccc(C(=O)NC(C)c2cccc(N3CCOC3=O)c2)cc1. The molecule has 1 heterocycles. The summed E-state index contributed by atoms with van der Waals surface area (Å²) in [5.74, 6) is 0.823. The van der Waals surface area contributed by atoms with E-state index in [2.05, 4.69) is 11.6 Å². The molecule has 1 aliphatic rings. The molecule has 0 bridgehead atoms. The molecule has 6 heteroatoms. The predicted molar refractivity (Wildman–Crippen MR) is 105 cm³/mol. The molecule has 2 amide bonds. The van der Waals surface area contributed by atoms with Crippen molar-refractivity contribution in [2.75, 3.05) is 24.3 Å². The zero-order valence-corrected chi connectivity index (χ0v) is 15.7. The van der Waals surface area contributed by atoms with Crippen LogP contribution >= 0.6 is 11.8 Å². The van der Waals surface area contributed by atoms with E-state index < -0.39 is 0 Å². The molecule has 2 aromatic carbocycles.